The summed E-state index contributed by atoms with van der Waals surface area (Å²) in [5.74, 6) is 0.611. The van der Waals surface area contributed by atoms with E-state index in [1.807, 2.05) is 0 Å². The monoisotopic (exact) mass is 336 g/mol. The summed E-state index contributed by atoms with van der Waals surface area (Å²) in [6.45, 7) is 1.03. The van der Waals surface area contributed by atoms with Crippen LogP contribution in [0.1, 0.15) is 26.0 Å². The lowest BCUT2D eigenvalue weighted by Gasteiger charge is -2.27. The Balaban J connectivity index is 1.78. The van der Waals surface area contributed by atoms with E-state index in [0.29, 0.717) is 23.0 Å². The van der Waals surface area contributed by atoms with Crippen LogP contribution < -0.4 is 11.1 Å². The quantitative estimate of drug-likeness (QED) is 0.472. The highest BCUT2D eigenvalue weighted by Crippen LogP contribution is 2.40. The molecule has 1 aliphatic carbocycles. The van der Waals surface area contributed by atoms with Crippen LogP contribution in [0.5, 0.6) is 0 Å². The summed E-state index contributed by atoms with van der Waals surface area (Å²) < 4.78 is 7.12. The van der Waals surface area contributed by atoms with Crippen molar-refractivity contribution >= 4 is 22.9 Å². The molecule has 0 bridgehead atoms. The molecule has 130 valence electrons. The van der Waals surface area contributed by atoms with E-state index >= 15 is 0 Å². The van der Waals surface area contributed by atoms with Gasteiger partial charge in [-0.1, -0.05) is 0 Å². The van der Waals surface area contributed by atoms with Gasteiger partial charge in [-0.05, 0) is 19.8 Å². The Morgan fingerprint density at radius 3 is 2.83 bits per heavy atom. The SMILES string of the molecule is C[C@@]1(O)C(O)[C@@H](CO)O[C@H]1n1cnc2c(NC3CC3)nc(N)nc21. The molecular formula is C14H20N6O4. The second-order valence-corrected chi connectivity index (χ2v) is 6.55. The summed E-state index contributed by atoms with van der Waals surface area (Å²) >= 11 is 0. The molecule has 2 aromatic heterocycles. The molecule has 2 fully saturated rings. The number of nitrogens with two attached hydrogens (primary N) is 1. The molecule has 10 nitrogen and oxygen atoms in total. The van der Waals surface area contributed by atoms with E-state index in [0.717, 1.165) is 12.8 Å². The number of ether oxygens (including phenoxy) is 1. The van der Waals surface area contributed by atoms with Gasteiger partial charge in [0.2, 0.25) is 5.95 Å². The van der Waals surface area contributed by atoms with Gasteiger partial charge in [-0.2, -0.15) is 9.97 Å². The van der Waals surface area contributed by atoms with Crippen molar-refractivity contribution in [1.82, 2.24) is 19.5 Å². The van der Waals surface area contributed by atoms with Crippen molar-refractivity contribution < 1.29 is 20.1 Å². The first-order chi connectivity index (χ1) is 11.4. The summed E-state index contributed by atoms with van der Waals surface area (Å²) in [5.41, 5.74) is 5.08. The van der Waals surface area contributed by atoms with E-state index in [9.17, 15) is 15.3 Å². The standard InChI is InChI=1S/C14H20N6O4/c1-14(23)9(22)7(4-21)24-12(14)20-5-16-8-10(17-6-2-3-6)18-13(15)19-11(8)20/h5-7,9,12,21-23H,2-4H2,1H3,(H3,15,17,18,19)/t7-,9?,12-,14-/m1/s1. The molecule has 10 heteroatoms. The average Bonchev–Trinajstić information content (AvgIpc) is 3.20. The van der Waals surface area contributed by atoms with Gasteiger partial charge < -0.3 is 31.1 Å². The van der Waals surface area contributed by atoms with Crippen LogP contribution in [0.25, 0.3) is 11.2 Å². The number of aliphatic hydroxyl groups excluding tert-OH is 2. The maximum atomic E-state index is 10.6. The summed E-state index contributed by atoms with van der Waals surface area (Å²) in [4.78, 5) is 12.7. The minimum absolute atomic E-state index is 0.0734. The Labute approximate surface area is 137 Å². The molecule has 4 rings (SSSR count). The smallest absolute Gasteiger partial charge is 0.224 e. The van der Waals surface area contributed by atoms with E-state index in [2.05, 4.69) is 20.3 Å². The molecule has 1 saturated carbocycles. The lowest BCUT2D eigenvalue weighted by atomic mass is 9.96. The third-order valence-electron chi connectivity index (χ3n) is 4.54. The number of rotatable bonds is 4. The van der Waals surface area contributed by atoms with Crippen molar-refractivity contribution in [3.05, 3.63) is 6.33 Å². The molecule has 0 amide bonds. The third-order valence-corrected chi connectivity index (χ3v) is 4.54. The third kappa shape index (κ3) is 2.30. The number of nitrogen functional groups attached to an aromatic ring is 1. The summed E-state index contributed by atoms with van der Waals surface area (Å²) in [5, 5.41) is 33.3. The highest BCUT2D eigenvalue weighted by molar-refractivity contribution is 5.84. The van der Waals surface area contributed by atoms with Gasteiger partial charge in [0.25, 0.3) is 0 Å². The predicted octanol–water partition coefficient (Wildman–Crippen LogP) is -1.02. The van der Waals surface area contributed by atoms with Gasteiger partial charge in [0, 0.05) is 6.04 Å². The highest BCUT2D eigenvalue weighted by Gasteiger charge is 2.53. The Hall–Kier alpha value is -2.01. The molecule has 1 unspecified atom stereocenters. The maximum absolute atomic E-state index is 10.6. The highest BCUT2D eigenvalue weighted by atomic mass is 16.6. The van der Waals surface area contributed by atoms with Crippen molar-refractivity contribution in [2.45, 2.75) is 49.8 Å². The first kappa shape index (κ1) is 15.5. The maximum Gasteiger partial charge on any atom is 0.224 e. The topological polar surface area (TPSA) is 152 Å². The molecule has 2 aromatic rings. The lowest BCUT2D eigenvalue weighted by Crippen LogP contribution is -2.44. The van der Waals surface area contributed by atoms with Gasteiger partial charge in [-0.15, -0.1) is 0 Å². The van der Waals surface area contributed by atoms with E-state index in [-0.39, 0.29) is 5.95 Å². The molecule has 2 aliphatic rings. The zero-order valence-corrected chi connectivity index (χ0v) is 13.1. The number of aromatic nitrogens is 4. The summed E-state index contributed by atoms with van der Waals surface area (Å²) in [7, 11) is 0. The zero-order valence-electron chi connectivity index (χ0n) is 13.1. The predicted molar refractivity (Wildman–Crippen MR) is 84.0 cm³/mol. The van der Waals surface area contributed by atoms with Crippen LogP contribution in [0.4, 0.5) is 11.8 Å². The number of anilines is 2. The van der Waals surface area contributed by atoms with Crippen molar-refractivity contribution in [3.8, 4) is 0 Å². The van der Waals surface area contributed by atoms with Gasteiger partial charge >= 0.3 is 0 Å². The molecule has 1 aliphatic heterocycles. The van der Waals surface area contributed by atoms with Gasteiger partial charge in [0.15, 0.2) is 23.2 Å². The number of nitrogens with one attached hydrogen (secondary N) is 1. The van der Waals surface area contributed by atoms with Gasteiger partial charge in [0.1, 0.15) is 17.8 Å². The number of hydrogen-bond acceptors (Lipinski definition) is 9. The Morgan fingerprint density at radius 1 is 1.46 bits per heavy atom. The molecule has 6 N–H and O–H groups in total. The molecular weight excluding hydrogens is 316 g/mol. The van der Waals surface area contributed by atoms with Gasteiger partial charge in [0.05, 0.1) is 12.9 Å². The van der Waals surface area contributed by atoms with Gasteiger partial charge in [-0.25, -0.2) is 4.98 Å². The normalized spacial score (nSPS) is 33.2. The molecule has 4 atom stereocenters. The van der Waals surface area contributed by atoms with E-state index < -0.39 is 30.6 Å². The number of hydrogen-bond donors (Lipinski definition) is 5. The van der Waals surface area contributed by atoms with Crippen LogP contribution in [-0.4, -0.2) is 65.3 Å². The summed E-state index contributed by atoms with van der Waals surface area (Å²) in [6, 6.07) is 0.360. The molecule has 0 spiro atoms. The number of nitrogens with zero attached hydrogens (tertiary/aromatic N) is 4. The Morgan fingerprint density at radius 2 is 2.21 bits per heavy atom. The van der Waals surface area contributed by atoms with Crippen LogP contribution >= 0.6 is 0 Å². The second-order valence-electron chi connectivity index (χ2n) is 6.55. The van der Waals surface area contributed by atoms with Crippen molar-refractivity contribution in [3.63, 3.8) is 0 Å². The molecule has 3 heterocycles. The van der Waals surface area contributed by atoms with Crippen LogP contribution in [-0.2, 0) is 4.74 Å². The van der Waals surface area contributed by atoms with Crippen LogP contribution in [0.2, 0.25) is 0 Å². The van der Waals surface area contributed by atoms with Gasteiger partial charge in [-0.3, -0.25) is 4.57 Å². The van der Waals surface area contributed by atoms with Crippen LogP contribution in [0.15, 0.2) is 6.33 Å². The van der Waals surface area contributed by atoms with Crippen LogP contribution in [0.3, 0.4) is 0 Å². The Kier molecular flexibility index (Phi) is 3.39. The average molecular weight is 336 g/mol. The number of aliphatic hydroxyl groups is 3. The fraction of sp³-hybridized carbons (Fsp3) is 0.643. The molecule has 24 heavy (non-hydrogen) atoms. The van der Waals surface area contributed by atoms with E-state index in [4.69, 9.17) is 10.5 Å². The minimum atomic E-state index is -1.62. The number of fused-ring (bicyclic) bond motifs is 1. The minimum Gasteiger partial charge on any atom is -0.394 e. The van der Waals surface area contributed by atoms with Crippen LogP contribution in [0, 0.1) is 0 Å². The molecule has 0 radical (unpaired) electrons. The van der Waals surface area contributed by atoms with Crippen molar-refractivity contribution in [1.29, 1.82) is 0 Å². The first-order valence-corrected chi connectivity index (χ1v) is 7.85. The molecule has 0 aromatic carbocycles. The largest absolute Gasteiger partial charge is 0.394 e. The first-order valence-electron chi connectivity index (χ1n) is 7.85. The van der Waals surface area contributed by atoms with E-state index in [1.54, 1.807) is 0 Å². The fourth-order valence-electron chi connectivity index (χ4n) is 3.02. The second kappa shape index (κ2) is 5.24. The Bertz CT molecular complexity index is 774. The fourth-order valence-corrected chi connectivity index (χ4v) is 3.02. The molecule has 1 saturated heterocycles. The van der Waals surface area contributed by atoms with Crippen molar-refractivity contribution in [2.24, 2.45) is 0 Å². The lowest BCUT2D eigenvalue weighted by molar-refractivity contribution is -0.0950. The van der Waals surface area contributed by atoms with Crippen molar-refractivity contribution in [2.75, 3.05) is 17.7 Å². The zero-order chi connectivity index (χ0) is 17.1. The summed E-state index contributed by atoms with van der Waals surface area (Å²) in [6.07, 6.45) is 0.493. The van der Waals surface area contributed by atoms with E-state index in [1.165, 1.54) is 17.8 Å². The number of imidazole rings is 1.